The van der Waals surface area contributed by atoms with Gasteiger partial charge in [-0.2, -0.15) is 13.2 Å². The Kier molecular flexibility index (Phi) is 3.89. The van der Waals surface area contributed by atoms with Crippen molar-refractivity contribution >= 4 is 11.4 Å². The Balaban J connectivity index is 2.18. The molecule has 3 nitrogen and oxygen atoms in total. The van der Waals surface area contributed by atoms with Crippen molar-refractivity contribution in [2.24, 2.45) is 0 Å². The van der Waals surface area contributed by atoms with Gasteiger partial charge in [0.2, 0.25) is 0 Å². The maximum Gasteiger partial charge on any atom is 0.418 e. The number of benzene rings is 1. The molecule has 2 N–H and O–H groups in total. The number of hydrogen-bond donors (Lipinski definition) is 1. The van der Waals surface area contributed by atoms with Crippen LogP contribution in [0.25, 0.3) is 0 Å². The summed E-state index contributed by atoms with van der Waals surface area (Å²) in [6, 6.07) is 4.08. The van der Waals surface area contributed by atoms with Crippen molar-refractivity contribution in [3.8, 4) is 0 Å². The highest BCUT2D eigenvalue weighted by Gasteiger charge is 2.33. The predicted octanol–water partition coefficient (Wildman–Crippen LogP) is 2.90. The summed E-state index contributed by atoms with van der Waals surface area (Å²) >= 11 is 0. The quantitative estimate of drug-likeness (QED) is 0.843. The number of alkyl halides is 3. The van der Waals surface area contributed by atoms with Crippen molar-refractivity contribution in [3.63, 3.8) is 0 Å². The lowest BCUT2D eigenvalue weighted by molar-refractivity contribution is -0.136. The molecule has 0 saturated carbocycles. The fraction of sp³-hybridized carbons (Fsp3) is 0.538. The van der Waals surface area contributed by atoms with Gasteiger partial charge in [-0.25, -0.2) is 0 Å². The van der Waals surface area contributed by atoms with Crippen LogP contribution < -0.4 is 10.6 Å². The number of nitrogens with zero attached hydrogens (tertiary/aromatic N) is 1. The van der Waals surface area contributed by atoms with E-state index in [1.54, 1.807) is 13.2 Å². The number of rotatable bonds is 2. The normalized spacial score (nSPS) is 17.8. The number of nitrogen functional groups attached to an aromatic ring is 1. The lowest BCUT2D eigenvalue weighted by atomic mass is 10.1. The summed E-state index contributed by atoms with van der Waals surface area (Å²) in [5.74, 6) is 0. The van der Waals surface area contributed by atoms with Gasteiger partial charge in [0.05, 0.1) is 11.7 Å². The van der Waals surface area contributed by atoms with E-state index in [2.05, 4.69) is 0 Å². The minimum atomic E-state index is -4.41. The first-order valence-corrected chi connectivity index (χ1v) is 6.16. The molecule has 0 aromatic heterocycles. The minimum absolute atomic E-state index is 0.201. The van der Waals surface area contributed by atoms with E-state index in [1.807, 2.05) is 4.90 Å². The van der Waals surface area contributed by atoms with E-state index in [1.165, 1.54) is 6.07 Å². The van der Waals surface area contributed by atoms with Crippen LogP contribution in [0.2, 0.25) is 0 Å². The molecular weight excluding hydrogens is 257 g/mol. The first-order chi connectivity index (χ1) is 8.91. The van der Waals surface area contributed by atoms with E-state index in [-0.39, 0.29) is 11.8 Å². The van der Waals surface area contributed by atoms with Crippen LogP contribution in [0, 0.1) is 0 Å². The third-order valence-electron chi connectivity index (χ3n) is 3.48. The van der Waals surface area contributed by atoms with Crippen molar-refractivity contribution in [3.05, 3.63) is 23.8 Å². The van der Waals surface area contributed by atoms with Crippen molar-refractivity contribution in [1.82, 2.24) is 0 Å². The number of piperidine rings is 1. The van der Waals surface area contributed by atoms with Gasteiger partial charge in [-0.05, 0) is 31.0 Å². The summed E-state index contributed by atoms with van der Waals surface area (Å²) in [6.45, 7) is 1.39. The number of anilines is 2. The molecule has 6 heteroatoms. The maximum absolute atomic E-state index is 12.8. The Bertz CT molecular complexity index is 440. The monoisotopic (exact) mass is 274 g/mol. The second kappa shape index (κ2) is 5.28. The molecule has 19 heavy (non-hydrogen) atoms. The van der Waals surface area contributed by atoms with Crippen molar-refractivity contribution in [2.75, 3.05) is 30.8 Å². The van der Waals surface area contributed by atoms with Crippen LogP contribution >= 0.6 is 0 Å². The SMILES string of the molecule is COC1CCN(c2ccc(N)c(C(F)(F)F)c2)CC1. The van der Waals surface area contributed by atoms with Gasteiger partial charge in [0.25, 0.3) is 0 Å². The zero-order valence-electron chi connectivity index (χ0n) is 10.7. The van der Waals surface area contributed by atoms with Crippen LogP contribution in [0.5, 0.6) is 0 Å². The van der Waals surface area contributed by atoms with Gasteiger partial charge < -0.3 is 15.4 Å². The second-order valence-corrected chi connectivity index (χ2v) is 4.69. The standard InChI is InChI=1S/C13H17F3N2O/c1-19-10-4-6-18(7-5-10)9-2-3-12(17)11(8-9)13(14,15)16/h2-3,8,10H,4-7,17H2,1H3. The summed E-state index contributed by atoms with van der Waals surface area (Å²) < 4.78 is 43.6. The molecule has 1 fully saturated rings. The molecule has 0 unspecified atom stereocenters. The highest BCUT2D eigenvalue weighted by Crippen LogP contribution is 2.36. The van der Waals surface area contributed by atoms with Gasteiger partial charge in [0, 0.05) is 31.6 Å². The molecule has 1 aliphatic heterocycles. The Morgan fingerprint density at radius 1 is 1.26 bits per heavy atom. The van der Waals surface area contributed by atoms with Crippen LogP contribution in [-0.2, 0) is 10.9 Å². The molecule has 0 amide bonds. The highest BCUT2D eigenvalue weighted by molar-refractivity contribution is 5.59. The Morgan fingerprint density at radius 2 is 1.89 bits per heavy atom. The molecule has 0 bridgehead atoms. The smallest absolute Gasteiger partial charge is 0.398 e. The number of hydrogen-bond acceptors (Lipinski definition) is 3. The van der Waals surface area contributed by atoms with Gasteiger partial charge >= 0.3 is 6.18 Å². The predicted molar refractivity (Wildman–Crippen MR) is 68.1 cm³/mol. The number of nitrogens with two attached hydrogens (primary N) is 1. The summed E-state index contributed by atoms with van der Waals surface area (Å²) in [5.41, 5.74) is 4.96. The average Bonchev–Trinajstić information content (AvgIpc) is 2.38. The van der Waals surface area contributed by atoms with E-state index in [0.717, 1.165) is 18.9 Å². The molecule has 1 aromatic carbocycles. The van der Waals surface area contributed by atoms with Gasteiger partial charge in [-0.1, -0.05) is 0 Å². The highest BCUT2D eigenvalue weighted by atomic mass is 19.4. The molecule has 106 valence electrons. The Labute approximate surface area is 110 Å². The minimum Gasteiger partial charge on any atom is -0.398 e. The molecule has 0 radical (unpaired) electrons. The fourth-order valence-electron chi connectivity index (χ4n) is 2.34. The average molecular weight is 274 g/mol. The van der Waals surface area contributed by atoms with E-state index in [0.29, 0.717) is 18.8 Å². The lowest BCUT2D eigenvalue weighted by Crippen LogP contribution is -2.36. The number of ether oxygens (including phenoxy) is 1. The largest absolute Gasteiger partial charge is 0.418 e. The zero-order valence-corrected chi connectivity index (χ0v) is 10.7. The summed E-state index contributed by atoms with van der Waals surface area (Å²) in [5, 5.41) is 0. The number of halogens is 3. The first-order valence-electron chi connectivity index (χ1n) is 6.16. The zero-order chi connectivity index (χ0) is 14.0. The molecule has 0 aliphatic carbocycles. The summed E-state index contributed by atoms with van der Waals surface area (Å²) in [6.07, 6.45) is -2.57. The second-order valence-electron chi connectivity index (χ2n) is 4.69. The first kappa shape index (κ1) is 14.0. The van der Waals surface area contributed by atoms with Gasteiger partial charge in [0.1, 0.15) is 0 Å². The Hall–Kier alpha value is -1.43. The van der Waals surface area contributed by atoms with E-state index in [9.17, 15) is 13.2 Å². The van der Waals surface area contributed by atoms with Crippen LogP contribution in [0.15, 0.2) is 18.2 Å². The fourth-order valence-corrected chi connectivity index (χ4v) is 2.34. The number of methoxy groups -OCH3 is 1. The third kappa shape index (κ3) is 3.12. The van der Waals surface area contributed by atoms with Crippen LogP contribution in [-0.4, -0.2) is 26.3 Å². The van der Waals surface area contributed by atoms with Crippen LogP contribution in [0.3, 0.4) is 0 Å². The topological polar surface area (TPSA) is 38.5 Å². The summed E-state index contributed by atoms with van der Waals surface area (Å²) in [7, 11) is 1.66. The van der Waals surface area contributed by atoms with E-state index < -0.39 is 11.7 Å². The molecule has 1 heterocycles. The van der Waals surface area contributed by atoms with E-state index in [4.69, 9.17) is 10.5 Å². The van der Waals surface area contributed by atoms with Gasteiger partial charge in [-0.15, -0.1) is 0 Å². The summed E-state index contributed by atoms with van der Waals surface area (Å²) in [4.78, 5) is 1.93. The van der Waals surface area contributed by atoms with Crippen LogP contribution in [0.4, 0.5) is 24.5 Å². The Morgan fingerprint density at radius 3 is 2.42 bits per heavy atom. The molecule has 1 aliphatic rings. The maximum atomic E-state index is 12.8. The molecule has 0 atom stereocenters. The van der Waals surface area contributed by atoms with E-state index >= 15 is 0 Å². The molecule has 2 rings (SSSR count). The van der Waals surface area contributed by atoms with Crippen LogP contribution in [0.1, 0.15) is 18.4 Å². The van der Waals surface area contributed by atoms with Crippen molar-refractivity contribution in [2.45, 2.75) is 25.1 Å². The molecule has 1 saturated heterocycles. The van der Waals surface area contributed by atoms with Crippen molar-refractivity contribution < 1.29 is 17.9 Å². The lowest BCUT2D eigenvalue weighted by Gasteiger charge is -2.33. The molecule has 0 spiro atoms. The van der Waals surface area contributed by atoms with Crippen molar-refractivity contribution in [1.29, 1.82) is 0 Å². The molecular formula is C13H17F3N2O. The molecule has 1 aromatic rings. The van der Waals surface area contributed by atoms with Gasteiger partial charge in [-0.3, -0.25) is 0 Å². The van der Waals surface area contributed by atoms with Gasteiger partial charge in [0.15, 0.2) is 0 Å². The third-order valence-corrected chi connectivity index (χ3v) is 3.48.